The summed E-state index contributed by atoms with van der Waals surface area (Å²) in [5.41, 5.74) is 2.62. The van der Waals surface area contributed by atoms with Gasteiger partial charge >= 0.3 is 11.9 Å². The van der Waals surface area contributed by atoms with E-state index in [0.29, 0.717) is 11.4 Å². The molecule has 0 aliphatic heterocycles. The molecule has 0 aromatic heterocycles. The summed E-state index contributed by atoms with van der Waals surface area (Å²) in [5.74, 6) is -1.16. The molecule has 0 spiro atoms. The first kappa shape index (κ1) is 14.5. The normalized spacial score (nSPS) is 9.21. The standard InChI is InChI=1S/C12H14N2O5/c1-17-9-6-4-5-8(7-9)13-14-10(11(15)18-2)12(16)19-3/h4-7,13H,1-3H3. The minimum Gasteiger partial charge on any atom is -0.497 e. The second-order valence-corrected chi connectivity index (χ2v) is 3.29. The van der Waals surface area contributed by atoms with E-state index in [9.17, 15) is 9.59 Å². The molecule has 1 N–H and O–H groups in total. The molecule has 1 rings (SSSR count). The molecular weight excluding hydrogens is 252 g/mol. The molecule has 0 radical (unpaired) electrons. The highest BCUT2D eigenvalue weighted by Gasteiger charge is 2.22. The third kappa shape index (κ3) is 3.98. The van der Waals surface area contributed by atoms with Crippen molar-refractivity contribution >= 4 is 23.3 Å². The summed E-state index contributed by atoms with van der Waals surface area (Å²) < 4.78 is 13.9. The first-order valence-corrected chi connectivity index (χ1v) is 5.26. The van der Waals surface area contributed by atoms with Gasteiger partial charge in [0.25, 0.3) is 5.71 Å². The van der Waals surface area contributed by atoms with Gasteiger partial charge in [-0.3, -0.25) is 5.43 Å². The van der Waals surface area contributed by atoms with E-state index in [2.05, 4.69) is 20.0 Å². The number of nitrogens with zero attached hydrogens (tertiary/aromatic N) is 1. The van der Waals surface area contributed by atoms with Crippen LogP contribution in [0.15, 0.2) is 29.4 Å². The fourth-order valence-electron chi connectivity index (χ4n) is 1.18. The van der Waals surface area contributed by atoms with Gasteiger partial charge in [-0.2, -0.15) is 5.10 Å². The molecule has 0 heterocycles. The smallest absolute Gasteiger partial charge is 0.366 e. The SMILES string of the molecule is COC(=O)C(=NNc1cccc(OC)c1)C(=O)OC. The number of methoxy groups -OCH3 is 3. The Labute approximate surface area is 110 Å². The molecule has 1 aromatic carbocycles. The second-order valence-electron chi connectivity index (χ2n) is 3.29. The van der Waals surface area contributed by atoms with Crippen molar-refractivity contribution in [2.45, 2.75) is 0 Å². The maximum atomic E-state index is 11.3. The van der Waals surface area contributed by atoms with Crippen LogP contribution in [0.25, 0.3) is 0 Å². The summed E-state index contributed by atoms with van der Waals surface area (Å²) in [6.45, 7) is 0. The van der Waals surface area contributed by atoms with E-state index in [1.54, 1.807) is 24.3 Å². The lowest BCUT2D eigenvalue weighted by Crippen LogP contribution is -2.27. The number of rotatable bonds is 5. The predicted molar refractivity (Wildman–Crippen MR) is 68.1 cm³/mol. The van der Waals surface area contributed by atoms with Gasteiger partial charge in [0, 0.05) is 6.07 Å². The van der Waals surface area contributed by atoms with Crippen molar-refractivity contribution in [2.24, 2.45) is 5.10 Å². The molecule has 0 atom stereocenters. The van der Waals surface area contributed by atoms with E-state index in [4.69, 9.17) is 4.74 Å². The number of hydrogen-bond donors (Lipinski definition) is 1. The molecule has 7 nitrogen and oxygen atoms in total. The average molecular weight is 266 g/mol. The third-order valence-electron chi connectivity index (χ3n) is 2.12. The molecule has 0 bridgehead atoms. The van der Waals surface area contributed by atoms with Crippen molar-refractivity contribution in [1.29, 1.82) is 0 Å². The summed E-state index contributed by atoms with van der Waals surface area (Å²) in [6, 6.07) is 6.82. The number of nitrogens with one attached hydrogen (secondary N) is 1. The summed E-state index contributed by atoms with van der Waals surface area (Å²) in [6.07, 6.45) is 0. The highest BCUT2D eigenvalue weighted by molar-refractivity contribution is 6.62. The van der Waals surface area contributed by atoms with Gasteiger partial charge in [0.2, 0.25) is 0 Å². The van der Waals surface area contributed by atoms with E-state index in [-0.39, 0.29) is 0 Å². The second kappa shape index (κ2) is 7.00. The van der Waals surface area contributed by atoms with Gasteiger partial charge in [-0.1, -0.05) is 6.07 Å². The maximum absolute atomic E-state index is 11.3. The molecule has 7 heteroatoms. The van der Waals surface area contributed by atoms with Crippen molar-refractivity contribution in [2.75, 3.05) is 26.8 Å². The maximum Gasteiger partial charge on any atom is 0.366 e. The summed E-state index contributed by atoms with van der Waals surface area (Å²) in [7, 11) is 3.81. The van der Waals surface area contributed by atoms with Crippen molar-refractivity contribution in [3.63, 3.8) is 0 Å². The molecule has 1 aromatic rings. The lowest BCUT2D eigenvalue weighted by Gasteiger charge is -2.05. The molecule has 0 aliphatic carbocycles. The van der Waals surface area contributed by atoms with E-state index in [1.807, 2.05) is 0 Å². The van der Waals surface area contributed by atoms with Crippen LogP contribution < -0.4 is 10.2 Å². The zero-order chi connectivity index (χ0) is 14.3. The van der Waals surface area contributed by atoms with E-state index in [0.717, 1.165) is 14.2 Å². The fraction of sp³-hybridized carbons (Fsp3) is 0.250. The van der Waals surface area contributed by atoms with Crippen LogP contribution in [0.5, 0.6) is 5.75 Å². The molecule has 0 saturated heterocycles. The predicted octanol–water partition coefficient (Wildman–Crippen LogP) is 0.809. The first-order valence-electron chi connectivity index (χ1n) is 5.26. The Morgan fingerprint density at radius 3 is 2.26 bits per heavy atom. The Morgan fingerprint density at radius 2 is 1.74 bits per heavy atom. The van der Waals surface area contributed by atoms with Crippen molar-refractivity contribution in [3.05, 3.63) is 24.3 Å². The number of hydrazone groups is 1. The van der Waals surface area contributed by atoms with Gasteiger partial charge in [0.15, 0.2) is 0 Å². The quantitative estimate of drug-likeness (QED) is 0.367. The monoisotopic (exact) mass is 266 g/mol. The van der Waals surface area contributed by atoms with Gasteiger partial charge in [0.1, 0.15) is 5.75 Å². The lowest BCUT2D eigenvalue weighted by molar-refractivity contribution is -0.138. The van der Waals surface area contributed by atoms with E-state index >= 15 is 0 Å². The summed E-state index contributed by atoms with van der Waals surface area (Å²) in [5, 5.41) is 3.67. The van der Waals surface area contributed by atoms with Gasteiger partial charge in [-0.25, -0.2) is 9.59 Å². The number of hydrogen-bond acceptors (Lipinski definition) is 7. The Balaban J connectivity index is 2.91. The Bertz CT molecular complexity index is 481. The summed E-state index contributed by atoms with van der Waals surface area (Å²) in [4.78, 5) is 22.7. The van der Waals surface area contributed by atoms with Gasteiger partial charge in [0.05, 0.1) is 27.0 Å². The highest BCUT2D eigenvalue weighted by Crippen LogP contribution is 2.16. The van der Waals surface area contributed by atoms with Crippen LogP contribution in [-0.2, 0) is 19.1 Å². The fourth-order valence-corrected chi connectivity index (χ4v) is 1.18. The van der Waals surface area contributed by atoms with Crippen LogP contribution in [0.2, 0.25) is 0 Å². The van der Waals surface area contributed by atoms with Crippen molar-refractivity contribution in [1.82, 2.24) is 0 Å². The van der Waals surface area contributed by atoms with Gasteiger partial charge in [-0.05, 0) is 12.1 Å². The van der Waals surface area contributed by atoms with E-state index < -0.39 is 17.7 Å². The molecular formula is C12H14N2O5. The number of carbonyl (C=O) groups is 2. The Hall–Kier alpha value is -2.57. The largest absolute Gasteiger partial charge is 0.497 e. The number of benzene rings is 1. The average Bonchev–Trinajstić information content (AvgIpc) is 2.46. The molecule has 0 fully saturated rings. The number of anilines is 1. The third-order valence-corrected chi connectivity index (χ3v) is 2.12. The molecule has 102 valence electrons. The van der Waals surface area contributed by atoms with Crippen molar-refractivity contribution < 1.29 is 23.8 Å². The minimum atomic E-state index is -0.887. The lowest BCUT2D eigenvalue weighted by atomic mass is 10.3. The van der Waals surface area contributed by atoms with Crippen LogP contribution in [0, 0.1) is 0 Å². The molecule has 19 heavy (non-hydrogen) atoms. The zero-order valence-corrected chi connectivity index (χ0v) is 10.8. The number of esters is 2. The van der Waals surface area contributed by atoms with Crippen LogP contribution in [-0.4, -0.2) is 39.0 Å². The van der Waals surface area contributed by atoms with Gasteiger partial charge in [-0.15, -0.1) is 0 Å². The van der Waals surface area contributed by atoms with Crippen LogP contribution >= 0.6 is 0 Å². The minimum absolute atomic E-state index is 0.479. The highest BCUT2D eigenvalue weighted by atomic mass is 16.5. The van der Waals surface area contributed by atoms with E-state index in [1.165, 1.54) is 7.11 Å². The van der Waals surface area contributed by atoms with Crippen LogP contribution in [0.3, 0.4) is 0 Å². The van der Waals surface area contributed by atoms with Crippen molar-refractivity contribution in [3.8, 4) is 5.75 Å². The first-order chi connectivity index (χ1) is 9.12. The van der Waals surface area contributed by atoms with Crippen LogP contribution in [0.4, 0.5) is 5.69 Å². The Morgan fingerprint density at radius 1 is 1.11 bits per heavy atom. The Kier molecular flexibility index (Phi) is 5.34. The topological polar surface area (TPSA) is 86.2 Å². The zero-order valence-electron chi connectivity index (χ0n) is 10.8. The molecule has 0 amide bonds. The molecule has 0 saturated carbocycles. The molecule has 0 unspecified atom stereocenters. The molecule has 0 aliphatic rings. The number of ether oxygens (including phenoxy) is 3. The van der Waals surface area contributed by atoms with Gasteiger partial charge < -0.3 is 14.2 Å². The summed E-state index contributed by atoms with van der Waals surface area (Å²) >= 11 is 0. The number of carbonyl (C=O) groups excluding carboxylic acids is 2. The van der Waals surface area contributed by atoms with Crippen LogP contribution in [0.1, 0.15) is 0 Å².